The van der Waals surface area contributed by atoms with Crippen molar-refractivity contribution in [1.29, 1.82) is 0 Å². The molecule has 5 saturated carbocycles. The Balaban J connectivity index is 1.41. The lowest BCUT2D eigenvalue weighted by Gasteiger charge is -2.43. The number of benzene rings is 1. The summed E-state index contributed by atoms with van der Waals surface area (Å²) in [6, 6.07) is 11.7. The monoisotopic (exact) mass is 416 g/mol. The molecule has 0 aromatic heterocycles. The van der Waals surface area contributed by atoms with Crippen LogP contribution in [-0.2, 0) is 5.41 Å². The van der Waals surface area contributed by atoms with Gasteiger partial charge in [-0.1, -0.05) is 42.5 Å². The molecule has 0 amide bonds. The van der Waals surface area contributed by atoms with Gasteiger partial charge in [-0.05, 0) is 92.6 Å². The van der Waals surface area contributed by atoms with Crippen molar-refractivity contribution < 1.29 is 0 Å². The second-order valence-corrected chi connectivity index (χ2v) is 11.1. The molecule has 1 aromatic rings. The van der Waals surface area contributed by atoms with Crippen LogP contribution in [-0.4, -0.2) is 23.5 Å². The Morgan fingerprint density at radius 2 is 1.82 bits per heavy atom. The van der Waals surface area contributed by atoms with Crippen molar-refractivity contribution in [2.45, 2.75) is 69.2 Å². The predicted molar refractivity (Wildman–Crippen MR) is 121 cm³/mol. The molecule has 0 radical (unpaired) electrons. The third-order valence-corrected chi connectivity index (χ3v) is 9.94. The average Bonchev–Trinajstić information content (AvgIpc) is 3.09. The third-order valence-electron chi connectivity index (χ3n) is 8.92. The maximum absolute atomic E-state index is 6.75. The Morgan fingerprint density at radius 3 is 2.50 bits per heavy atom. The molecule has 5 fully saturated rings. The van der Waals surface area contributed by atoms with Gasteiger partial charge in [-0.2, -0.15) is 0 Å². The molecule has 0 spiro atoms. The van der Waals surface area contributed by atoms with Crippen molar-refractivity contribution in [2.75, 3.05) is 12.4 Å². The molecule has 3 N–H and O–H groups in total. The van der Waals surface area contributed by atoms with Crippen molar-refractivity contribution in [3.05, 3.63) is 35.9 Å². The van der Waals surface area contributed by atoms with E-state index in [9.17, 15) is 0 Å². The molecule has 0 heterocycles. The Hall–Kier alpha value is -0.640. The largest absolute Gasteiger partial charge is 0.376 e. The molecule has 4 unspecified atom stereocenters. The maximum atomic E-state index is 6.75. The molecule has 152 valence electrons. The van der Waals surface area contributed by atoms with Crippen LogP contribution >= 0.6 is 23.8 Å². The van der Waals surface area contributed by atoms with E-state index in [1.165, 1.54) is 63.4 Å². The van der Waals surface area contributed by atoms with Gasteiger partial charge in [0.2, 0.25) is 0 Å². The number of thiocarbonyl (C=S) groups is 1. The Morgan fingerprint density at radius 1 is 1.07 bits per heavy atom. The molecule has 4 atom stereocenters. The summed E-state index contributed by atoms with van der Waals surface area (Å²) in [5.74, 6) is 2.23. The summed E-state index contributed by atoms with van der Waals surface area (Å²) in [5, 5.41) is 3.87. The standard InChI is InChI=1S/C24H33ClN2S/c25-16-23-11-18-10-22(14-23,19-4-2-1-3-5-19)15-24(23,12-18)21(28)27-20-8-6-17(13-26)7-9-20/h1-5,17-18,20H,6-16,26H2,(H,27,28). The van der Waals surface area contributed by atoms with Gasteiger partial charge in [-0.3, -0.25) is 0 Å². The van der Waals surface area contributed by atoms with Crippen LogP contribution < -0.4 is 11.1 Å². The van der Waals surface area contributed by atoms with Crippen LogP contribution in [0.4, 0.5) is 0 Å². The van der Waals surface area contributed by atoms with Crippen LogP contribution in [0.5, 0.6) is 0 Å². The molecule has 0 aliphatic heterocycles. The van der Waals surface area contributed by atoms with Gasteiger partial charge in [0.1, 0.15) is 0 Å². The fourth-order valence-electron chi connectivity index (χ4n) is 7.78. The van der Waals surface area contributed by atoms with Gasteiger partial charge in [0.05, 0.1) is 4.99 Å². The highest BCUT2D eigenvalue weighted by Gasteiger charge is 2.72. The number of nitrogens with one attached hydrogen (secondary N) is 1. The van der Waals surface area contributed by atoms with Crippen molar-refractivity contribution in [1.82, 2.24) is 5.32 Å². The number of nitrogens with two attached hydrogens (primary N) is 1. The molecule has 28 heavy (non-hydrogen) atoms. The first kappa shape index (κ1) is 19.3. The summed E-state index contributed by atoms with van der Waals surface area (Å²) < 4.78 is 0. The molecule has 4 heteroatoms. The second kappa shape index (κ2) is 6.96. The van der Waals surface area contributed by atoms with Gasteiger partial charge in [0.15, 0.2) is 0 Å². The fourth-order valence-corrected chi connectivity index (χ4v) is 8.78. The van der Waals surface area contributed by atoms with Gasteiger partial charge >= 0.3 is 0 Å². The molecular weight excluding hydrogens is 384 g/mol. The van der Waals surface area contributed by atoms with Gasteiger partial charge in [0.25, 0.3) is 0 Å². The van der Waals surface area contributed by atoms with Crippen LogP contribution in [0.1, 0.15) is 63.4 Å². The van der Waals surface area contributed by atoms with Crippen LogP contribution in [0.25, 0.3) is 0 Å². The predicted octanol–water partition coefficient (Wildman–Crippen LogP) is 5.18. The first-order chi connectivity index (χ1) is 13.5. The zero-order valence-electron chi connectivity index (χ0n) is 16.8. The summed E-state index contributed by atoms with van der Waals surface area (Å²) >= 11 is 12.9. The van der Waals surface area contributed by atoms with E-state index >= 15 is 0 Å². The smallest absolute Gasteiger partial charge is 0.0824 e. The van der Waals surface area contributed by atoms with Crippen molar-refractivity contribution in [2.24, 2.45) is 28.4 Å². The SMILES string of the molecule is NCC1CCC(NC(=S)C23CC4CC(c5ccccc5)(CC2(CCl)C4)C3)CC1. The number of hydrogen-bond donors (Lipinski definition) is 2. The Bertz CT molecular complexity index is 746. The average molecular weight is 417 g/mol. The molecular formula is C24H33ClN2S. The van der Waals surface area contributed by atoms with E-state index in [0.717, 1.165) is 23.3 Å². The molecule has 4 bridgehead atoms. The van der Waals surface area contributed by atoms with Crippen LogP contribution in [0, 0.1) is 22.7 Å². The van der Waals surface area contributed by atoms with Crippen LogP contribution in [0.15, 0.2) is 30.3 Å². The molecule has 5 aliphatic carbocycles. The lowest BCUT2D eigenvalue weighted by molar-refractivity contribution is 0.192. The fraction of sp³-hybridized carbons (Fsp3) is 0.708. The van der Waals surface area contributed by atoms with E-state index in [2.05, 4.69) is 35.6 Å². The number of rotatable bonds is 5. The topological polar surface area (TPSA) is 38.0 Å². The number of halogens is 1. The van der Waals surface area contributed by atoms with Gasteiger partial charge in [-0.15, -0.1) is 11.6 Å². The zero-order valence-corrected chi connectivity index (χ0v) is 18.3. The summed E-state index contributed by atoms with van der Waals surface area (Å²) in [6.45, 7) is 0.831. The molecule has 0 saturated heterocycles. The lowest BCUT2D eigenvalue weighted by atomic mass is 9.63. The minimum Gasteiger partial charge on any atom is -0.376 e. The molecule has 2 nitrogen and oxygen atoms in total. The zero-order chi connectivity index (χ0) is 19.4. The highest BCUT2D eigenvalue weighted by molar-refractivity contribution is 7.80. The van der Waals surface area contributed by atoms with Gasteiger partial charge in [-0.25, -0.2) is 0 Å². The lowest BCUT2D eigenvalue weighted by Crippen LogP contribution is -2.50. The first-order valence-corrected chi connectivity index (χ1v) is 12.1. The quantitative estimate of drug-likeness (QED) is 0.513. The highest BCUT2D eigenvalue weighted by Crippen LogP contribution is 2.77. The molecule has 6 rings (SSSR count). The van der Waals surface area contributed by atoms with E-state index < -0.39 is 0 Å². The van der Waals surface area contributed by atoms with E-state index in [1.54, 1.807) is 0 Å². The minimum atomic E-state index is 0.105. The molecule has 1 aromatic carbocycles. The Labute approximate surface area is 180 Å². The van der Waals surface area contributed by atoms with E-state index in [1.807, 2.05) is 0 Å². The van der Waals surface area contributed by atoms with Crippen LogP contribution in [0.2, 0.25) is 0 Å². The van der Waals surface area contributed by atoms with E-state index in [0.29, 0.717) is 12.0 Å². The summed E-state index contributed by atoms with van der Waals surface area (Å²) in [4.78, 5) is 1.14. The summed E-state index contributed by atoms with van der Waals surface area (Å²) in [7, 11) is 0. The highest BCUT2D eigenvalue weighted by atomic mass is 35.5. The minimum absolute atomic E-state index is 0.105. The normalized spacial score (nSPS) is 44.0. The van der Waals surface area contributed by atoms with Crippen molar-refractivity contribution in [3.8, 4) is 0 Å². The van der Waals surface area contributed by atoms with E-state index in [4.69, 9.17) is 29.6 Å². The van der Waals surface area contributed by atoms with Crippen LogP contribution in [0.3, 0.4) is 0 Å². The Kier molecular flexibility index (Phi) is 4.80. The van der Waals surface area contributed by atoms with Crippen molar-refractivity contribution >= 4 is 28.8 Å². The third kappa shape index (κ3) is 2.72. The second-order valence-electron chi connectivity index (χ2n) is 10.4. The number of hydrogen-bond acceptors (Lipinski definition) is 2. The molecule has 5 aliphatic rings. The first-order valence-electron chi connectivity index (χ1n) is 11.2. The number of alkyl halides is 1. The summed E-state index contributed by atoms with van der Waals surface area (Å²) in [5.41, 5.74) is 7.97. The summed E-state index contributed by atoms with van der Waals surface area (Å²) in [6.07, 6.45) is 11.1. The van der Waals surface area contributed by atoms with E-state index in [-0.39, 0.29) is 16.2 Å². The van der Waals surface area contributed by atoms with Gasteiger partial charge in [0, 0.05) is 17.3 Å². The maximum Gasteiger partial charge on any atom is 0.0824 e. The van der Waals surface area contributed by atoms with Crippen molar-refractivity contribution in [3.63, 3.8) is 0 Å². The van der Waals surface area contributed by atoms with Gasteiger partial charge < -0.3 is 11.1 Å².